The van der Waals surface area contributed by atoms with Gasteiger partial charge in [0.15, 0.2) is 0 Å². The average molecular weight is 408 g/mol. The Kier molecular flexibility index (Phi) is 7.64. The number of nitrogens with one attached hydrogen (secondary N) is 2. The minimum Gasteiger partial charge on any atom is -0.445 e. The number of hydrogen-bond donors (Lipinski definition) is 2. The largest absolute Gasteiger partial charge is 0.445 e. The first-order chi connectivity index (χ1) is 13.7. The summed E-state index contributed by atoms with van der Waals surface area (Å²) < 4.78 is 43.7. The molecular formula is C21H23F3N2O3. The highest BCUT2D eigenvalue weighted by Crippen LogP contribution is 2.30. The number of carbonyl (C=O) groups is 2. The summed E-state index contributed by atoms with van der Waals surface area (Å²) in [6.07, 6.45) is -4.73. The molecule has 0 fully saturated rings. The Morgan fingerprint density at radius 3 is 2.38 bits per heavy atom. The Labute approximate surface area is 167 Å². The topological polar surface area (TPSA) is 67.4 Å². The SMILES string of the molecule is CC[C@H](C)[C@H](NC(=O)OCc1ccccc1)C(=O)Nc1cccc(C(F)(F)F)c1. The van der Waals surface area contributed by atoms with Gasteiger partial charge >= 0.3 is 12.3 Å². The van der Waals surface area contributed by atoms with E-state index < -0.39 is 29.8 Å². The number of benzene rings is 2. The Morgan fingerprint density at radius 1 is 1.07 bits per heavy atom. The molecule has 2 amide bonds. The summed E-state index contributed by atoms with van der Waals surface area (Å²) in [6.45, 7) is 3.63. The third kappa shape index (κ3) is 6.81. The van der Waals surface area contributed by atoms with Crippen molar-refractivity contribution >= 4 is 17.7 Å². The Balaban J connectivity index is 2.03. The molecule has 2 N–H and O–H groups in total. The fourth-order valence-corrected chi connectivity index (χ4v) is 2.59. The zero-order valence-electron chi connectivity index (χ0n) is 16.1. The highest BCUT2D eigenvalue weighted by molar-refractivity contribution is 5.96. The zero-order chi connectivity index (χ0) is 21.4. The van der Waals surface area contributed by atoms with Gasteiger partial charge in [0, 0.05) is 5.69 Å². The van der Waals surface area contributed by atoms with Gasteiger partial charge in [-0.2, -0.15) is 13.2 Å². The molecule has 0 saturated heterocycles. The van der Waals surface area contributed by atoms with E-state index in [1.54, 1.807) is 31.2 Å². The van der Waals surface area contributed by atoms with Gasteiger partial charge in [-0.25, -0.2) is 4.79 Å². The van der Waals surface area contributed by atoms with Gasteiger partial charge in [0.1, 0.15) is 12.6 Å². The predicted molar refractivity (Wildman–Crippen MR) is 103 cm³/mol. The van der Waals surface area contributed by atoms with Crippen molar-refractivity contribution in [3.05, 3.63) is 65.7 Å². The number of hydrogen-bond acceptors (Lipinski definition) is 3. The van der Waals surface area contributed by atoms with E-state index in [1.807, 2.05) is 13.0 Å². The number of amides is 2. The van der Waals surface area contributed by atoms with Crippen LogP contribution >= 0.6 is 0 Å². The number of rotatable bonds is 7. The van der Waals surface area contributed by atoms with Crippen LogP contribution in [0, 0.1) is 5.92 Å². The lowest BCUT2D eigenvalue weighted by Gasteiger charge is -2.23. The Bertz CT molecular complexity index is 825. The number of carbonyl (C=O) groups excluding carboxylic acids is 2. The van der Waals surface area contributed by atoms with Gasteiger partial charge < -0.3 is 15.4 Å². The normalized spacial score (nSPS) is 13.3. The van der Waals surface area contributed by atoms with Crippen molar-refractivity contribution in [3.63, 3.8) is 0 Å². The molecule has 8 heteroatoms. The van der Waals surface area contributed by atoms with Crippen molar-refractivity contribution in [2.45, 2.75) is 39.1 Å². The van der Waals surface area contributed by atoms with Crippen molar-refractivity contribution in [2.24, 2.45) is 5.92 Å². The maximum Gasteiger partial charge on any atom is 0.416 e. The van der Waals surface area contributed by atoms with Gasteiger partial charge in [-0.15, -0.1) is 0 Å². The lowest BCUT2D eigenvalue weighted by atomic mass is 9.98. The highest BCUT2D eigenvalue weighted by atomic mass is 19.4. The van der Waals surface area contributed by atoms with Gasteiger partial charge in [0.2, 0.25) is 5.91 Å². The van der Waals surface area contributed by atoms with Crippen molar-refractivity contribution in [1.82, 2.24) is 5.32 Å². The molecule has 0 radical (unpaired) electrons. The summed E-state index contributed by atoms with van der Waals surface area (Å²) in [5, 5.41) is 4.95. The van der Waals surface area contributed by atoms with Crippen LogP contribution < -0.4 is 10.6 Å². The lowest BCUT2D eigenvalue weighted by Crippen LogP contribution is -2.47. The minimum atomic E-state index is -4.52. The number of alkyl halides is 3. The fraction of sp³-hybridized carbons (Fsp3) is 0.333. The molecule has 0 aliphatic carbocycles. The molecule has 0 aliphatic rings. The molecule has 2 aromatic rings. The van der Waals surface area contributed by atoms with Crippen LogP contribution in [0.3, 0.4) is 0 Å². The smallest absolute Gasteiger partial charge is 0.416 e. The van der Waals surface area contributed by atoms with Crippen LogP contribution in [0.5, 0.6) is 0 Å². The Hall–Kier alpha value is -3.03. The first kappa shape index (κ1) is 22.3. The Morgan fingerprint density at radius 2 is 1.76 bits per heavy atom. The molecule has 0 spiro atoms. The first-order valence-electron chi connectivity index (χ1n) is 9.16. The van der Waals surface area contributed by atoms with Crippen LogP contribution in [0.25, 0.3) is 0 Å². The number of halogens is 3. The molecule has 2 rings (SSSR count). The van der Waals surface area contributed by atoms with Gasteiger partial charge in [-0.3, -0.25) is 4.79 Å². The van der Waals surface area contributed by atoms with Crippen LogP contribution in [0.2, 0.25) is 0 Å². The monoisotopic (exact) mass is 408 g/mol. The van der Waals surface area contributed by atoms with Crippen LogP contribution in [-0.4, -0.2) is 18.0 Å². The second kappa shape index (κ2) is 9.95. The highest BCUT2D eigenvalue weighted by Gasteiger charge is 2.31. The minimum absolute atomic E-state index is 0.00224. The van der Waals surface area contributed by atoms with Crippen LogP contribution in [0.1, 0.15) is 31.4 Å². The standard InChI is InChI=1S/C21H23F3N2O3/c1-3-14(2)18(26-20(28)29-13-15-8-5-4-6-9-15)19(27)25-17-11-7-10-16(12-17)21(22,23)24/h4-12,14,18H,3,13H2,1-2H3,(H,25,27)(H,26,28)/t14-,18-/m0/s1. The summed E-state index contributed by atoms with van der Waals surface area (Å²) in [6, 6.07) is 12.4. The second-order valence-electron chi connectivity index (χ2n) is 6.64. The van der Waals surface area contributed by atoms with Crippen molar-refractivity contribution in [1.29, 1.82) is 0 Å². The molecular weight excluding hydrogens is 385 g/mol. The number of anilines is 1. The predicted octanol–water partition coefficient (Wildman–Crippen LogP) is 4.99. The third-order valence-corrected chi connectivity index (χ3v) is 4.44. The molecule has 0 aliphatic heterocycles. The molecule has 2 atom stereocenters. The summed E-state index contributed by atoms with van der Waals surface area (Å²) in [7, 11) is 0. The molecule has 0 saturated carbocycles. The maximum absolute atomic E-state index is 12.9. The third-order valence-electron chi connectivity index (χ3n) is 4.44. The molecule has 0 bridgehead atoms. The zero-order valence-corrected chi connectivity index (χ0v) is 16.1. The van der Waals surface area contributed by atoms with Crippen molar-refractivity contribution < 1.29 is 27.5 Å². The summed E-state index contributed by atoms with van der Waals surface area (Å²) >= 11 is 0. The first-order valence-corrected chi connectivity index (χ1v) is 9.16. The summed E-state index contributed by atoms with van der Waals surface area (Å²) in [5.74, 6) is -0.875. The molecule has 29 heavy (non-hydrogen) atoms. The van der Waals surface area contributed by atoms with Crippen LogP contribution in [0.4, 0.5) is 23.7 Å². The summed E-state index contributed by atoms with van der Waals surface area (Å²) in [4.78, 5) is 24.7. The van der Waals surface area contributed by atoms with E-state index in [0.29, 0.717) is 6.42 Å². The van der Waals surface area contributed by atoms with Crippen LogP contribution in [0.15, 0.2) is 54.6 Å². The maximum atomic E-state index is 12.9. The van der Waals surface area contributed by atoms with E-state index in [1.165, 1.54) is 12.1 Å². The molecule has 0 heterocycles. The van der Waals surface area contributed by atoms with E-state index in [0.717, 1.165) is 17.7 Å². The van der Waals surface area contributed by atoms with Gasteiger partial charge in [-0.1, -0.05) is 56.7 Å². The number of alkyl carbamates (subject to hydrolysis) is 1. The molecule has 5 nitrogen and oxygen atoms in total. The average Bonchev–Trinajstić information content (AvgIpc) is 2.70. The molecule has 2 aromatic carbocycles. The fourth-order valence-electron chi connectivity index (χ4n) is 2.59. The number of ether oxygens (including phenoxy) is 1. The van der Waals surface area contributed by atoms with Crippen molar-refractivity contribution in [2.75, 3.05) is 5.32 Å². The van der Waals surface area contributed by atoms with E-state index in [2.05, 4.69) is 10.6 Å². The van der Waals surface area contributed by atoms with E-state index >= 15 is 0 Å². The van der Waals surface area contributed by atoms with E-state index in [4.69, 9.17) is 4.74 Å². The quantitative estimate of drug-likeness (QED) is 0.679. The van der Waals surface area contributed by atoms with Gasteiger partial charge in [0.05, 0.1) is 5.56 Å². The van der Waals surface area contributed by atoms with E-state index in [9.17, 15) is 22.8 Å². The molecule has 0 aromatic heterocycles. The molecule has 156 valence electrons. The van der Waals surface area contributed by atoms with Crippen molar-refractivity contribution in [3.8, 4) is 0 Å². The van der Waals surface area contributed by atoms with E-state index in [-0.39, 0.29) is 18.2 Å². The molecule has 0 unspecified atom stereocenters. The lowest BCUT2D eigenvalue weighted by molar-refractivity contribution is -0.137. The summed E-state index contributed by atoms with van der Waals surface area (Å²) in [5.41, 5.74) is -0.0839. The van der Waals surface area contributed by atoms with Crippen LogP contribution in [-0.2, 0) is 22.3 Å². The van der Waals surface area contributed by atoms with Gasteiger partial charge in [0.25, 0.3) is 0 Å². The second-order valence-corrected chi connectivity index (χ2v) is 6.64. The van der Waals surface area contributed by atoms with Gasteiger partial charge in [-0.05, 0) is 29.7 Å².